The molecule has 1 aromatic carbocycles. The molecule has 0 radical (unpaired) electrons. The number of pyridine rings is 1. The summed E-state index contributed by atoms with van der Waals surface area (Å²) in [6.45, 7) is 6.84. The van der Waals surface area contributed by atoms with Gasteiger partial charge in [0.15, 0.2) is 11.5 Å². The predicted molar refractivity (Wildman–Crippen MR) is 132 cm³/mol. The molecular formula is C25H30Cl2N2O5. The normalized spacial score (nSPS) is 10.8. The van der Waals surface area contributed by atoms with Crippen molar-refractivity contribution >= 4 is 29.0 Å². The van der Waals surface area contributed by atoms with E-state index in [1.54, 1.807) is 0 Å². The lowest BCUT2D eigenvalue weighted by atomic mass is 9.97. The van der Waals surface area contributed by atoms with Gasteiger partial charge < -0.3 is 14.6 Å². The number of benzene rings is 1. The topological polar surface area (TPSA) is 102 Å². The summed E-state index contributed by atoms with van der Waals surface area (Å²) in [7, 11) is 0. The van der Waals surface area contributed by atoms with Gasteiger partial charge in [-0.15, -0.1) is 0 Å². The first-order chi connectivity index (χ1) is 16.3. The lowest BCUT2D eigenvalue weighted by Gasteiger charge is -2.16. The molecular weight excluding hydrogens is 479 g/mol. The van der Waals surface area contributed by atoms with E-state index in [4.69, 9.17) is 32.7 Å². The lowest BCUT2D eigenvalue weighted by molar-refractivity contribution is 0.103. The zero-order chi connectivity index (χ0) is 25.3. The third kappa shape index (κ3) is 6.53. The van der Waals surface area contributed by atoms with E-state index >= 15 is 0 Å². The standard InChI is InChI=1S/C25H30Cl2N2O5/c1-4-6-7-8-12-34-23-19(26)13-17(14-20(23)27)22(30)21-16(3)18(15-28)24(31)29(25(21)32)10-9-11-33-5-2/h13-14,32H,4-12H2,1-3H3. The first kappa shape index (κ1) is 27.7. The minimum absolute atomic E-state index is 0.0895. The van der Waals surface area contributed by atoms with Crippen molar-refractivity contribution in [2.24, 2.45) is 0 Å². The average molecular weight is 509 g/mol. The number of aromatic hydroxyl groups is 1. The first-order valence-corrected chi connectivity index (χ1v) is 12.1. The number of carbonyl (C=O) groups is 1. The SMILES string of the molecule is CCCCCCOc1c(Cl)cc(C(=O)c2c(C)c(C#N)c(=O)n(CCCOCC)c2O)cc1Cl. The van der Waals surface area contributed by atoms with Crippen molar-refractivity contribution in [3.63, 3.8) is 0 Å². The predicted octanol–water partition coefficient (Wildman–Crippen LogP) is 5.66. The summed E-state index contributed by atoms with van der Waals surface area (Å²) in [6, 6.07) is 4.67. The van der Waals surface area contributed by atoms with Crippen molar-refractivity contribution < 1.29 is 19.4 Å². The molecule has 2 aromatic rings. The number of carbonyl (C=O) groups excluding carboxylic acids is 1. The Bertz CT molecular complexity index is 1100. The Hall–Kier alpha value is -2.53. The molecule has 1 aromatic heterocycles. The molecule has 7 nitrogen and oxygen atoms in total. The summed E-state index contributed by atoms with van der Waals surface area (Å²) in [5.41, 5.74) is -0.808. The van der Waals surface area contributed by atoms with Gasteiger partial charge in [0.05, 0.1) is 22.2 Å². The molecule has 0 atom stereocenters. The quantitative estimate of drug-likeness (QED) is 0.276. The van der Waals surface area contributed by atoms with Crippen molar-refractivity contribution in [2.75, 3.05) is 19.8 Å². The first-order valence-electron chi connectivity index (χ1n) is 11.4. The highest BCUT2D eigenvalue weighted by Gasteiger charge is 2.26. The zero-order valence-corrected chi connectivity index (χ0v) is 21.3. The van der Waals surface area contributed by atoms with Gasteiger partial charge in [-0.1, -0.05) is 49.4 Å². The summed E-state index contributed by atoms with van der Waals surface area (Å²) in [5, 5.41) is 20.7. The fourth-order valence-corrected chi connectivity index (χ4v) is 4.17. The molecule has 9 heteroatoms. The van der Waals surface area contributed by atoms with E-state index < -0.39 is 17.2 Å². The highest BCUT2D eigenvalue weighted by molar-refractivity contribution is 6.38. The van der Waals surface area contributed by atoms with E-state index in [0.717, 1.165) is 30.3 Å². The molecule has 0 saturated heterocycles. The fourth-order valence-electron chi connectivity index (χ4n) is 3.58. The smallest absolute Gasteiger partial charge is 0.271 e. The van der Waals surface area contributed by atoms with Gasteiger partial charge in [-0.05, 0) is 44.4 Å². The molecule has 1 N–H and O–H groups in total. The van der Waals surface area contributed by atoms with Crippen LogP contribution in [0.5, 0.6) is 11.6 Å². The number of nitriles is 1. The second kappa shape index (κ2) is 13.4. The van der Waals surface area contributed by atoms with E-state index in [1.807, 2.05) is 13.0 Å². The van der Waals surface area contributed by atoms with E-state index in [-0.39, 0.29) is 44.6 Å². The summed E-state index contributed by atoms with van der Waals surface area (Å²) < 4.78 is 12.0. The Balaban J connectivity index is 2.41. The number of aromatic nitrogens is 1. The molecule has 0 bridgehead atoms. The third-order valence-electron chi connectivity index (χ3n) is 5.41. The molecule has 0 aliphatic rings. The molecule has 0 fully saturated rings. The second-order valence-corrected chi connectivity index (χ2v) is 8.64. The van der Waals surface area contributed by atoms with Crippen LogP contribution in [0.3, 0.4) is 0 Å². The van der Waals surface area contributed by atoms with E-state index in [2.05, 4.69) is 6.92 Å². The Morgan fingerprint density at radius 3 is 2.38 bits per heavy atom. The monoisotopic (exact) mass is 508 g/mol. The van der Waals surface area contributed by atoms with Crippen molar-refractivity contribution in [1.29, 1.82) is 5.26 Å². The van der Waals surface area contributed by atoms with Crippen LogP contribution < -0.4 is 10.3 Å². The second-order valence-electron chi connectivity index (χ2n) is 7.82. The number of rotatable bonds is 13. The number of unbranched alkanes of at least 4 members (excludes halogenated alkanes) is 3. The van der Waals surface area contributed by atoms with Gasteiger partial charge in [0, 0.05) is 25.3 Å². The maximum atomic E-state index is 13.4. The molecule has 34 heavy (non-hydrogen) atoms. The summed E-state index contributed by atoms with van der Waals surface area (Å²) in [6.07, 6.45) is 4.53. The largest absolute Gasteiger partial charge is 0.494 e. The number of ether oxygens (including phenoxy) is 2. The molecule has 0 amide bonds. The highest BCUT2D eigenvalue weighted by atomic mass is 35.5. The van der Waals surface area contributed by atoms with Crippen LogP contribution in [0.2, 0.25) is 10.0 Å². The van der Waals surface area contributed by atoms with Gasteiger partial charge in [0.1, 0.15) is 11.6 Å². The summed E-state index contributed by atoms with van der Waals surface area (Å²) in [5.74, 6) is -0.828. The summed E-state index contributed by atoms with van der Waals surface area (Å²) >= 11 is 12.7. The van der Waals surface area contributed by atoms with Crippen molar-refractivity contribution in [2.45, 2.75) is 59.4 Å². The van der Waals surface area contributed by atoms with Gasteiger partial charge in [0.2, 0.25) is 5.88 Å². The molecule has 0 spiro atoms. The highest BCUT2D eigenvalue weighted by Crippen LogP contribution is 2.36. The van der Waals surface area contributed by atoms with Crippen LogP contribution in [-0.4, -0.2) is 35.3 Å². The Morgan fingerprint density at radius 2 is 1.79 bits per heavy atom. The van der Waals surface area contributed by atoms with Crippen LogP contribution >= 0.6 is 23.2 Å². The molecule has 0 aliphatic heterocycles. The van der Waals surface area contributed by atoms with Gasteiger partial charge in [-0.25, -0.2) is 0 Å². The van der Waals surface area contributed by atoms with Gasteiger partial charge in [-0.3, -0.25) is 14.2 Å². The van der Waals surface area contributed by atoms with Crippen molar-refractivity contribution in [3.05, 3.63) is 54.8 Å². The zero-order valence-electron chi connectivity index (χ0n) is 19.7. The van der Waals surface area contributed by atoms with Crippen LogP contribution in [0.1, 0.15) is 73.0 Å². The molecule has 1 heterocycles. The lowest BCUT2D eigenvalue weighted by Crippen LogP contribution is -2.27. The van der Waals surface area contributed by atoms with E-state index in [0.29, 0.717) is 26.2 Å². The number of ketones is 1. The average Bonchev–Trinajstić information content (AvgIpc) is 2.80. The molecule has 184 valence electrons. The summed E-state index contributed by atoms with van der Waals surface area (Å²) in [4.78, 5) is 26.1. The Morgan fingerprint density at radius 1 is 1.12 bits per heavy atom. The molecule has 0 saturated carbocycles. The number of hydrogen-bond donors (Lipinski definition) is 1. The van der Waals surface area contributed by atoms with Crippen molar-refractivity contribution in [3.8, 4) is 17.7 Å². The van der Waals surface area contributed by atoms with Gasteiger partial charge in [-0.2, -0.15) is 5.26 Å². The number of hydrogen-bond acceptors (Lipinski definition) is 6. The maximum Gasteiger partial charge on any atom is 0.271 e. The molecule has 0 aliphatic carbocycles. The minimum atomic E-state index is -0.659. The number of halogens is 2. The number of nitrogens with zero attached hydrogens (tertiary/aromatic N) is 2. The van der Waals surface area contributed by atoms with E-state index in [1.165, 1.54) is 19.1 Å². The van der Waals surface area contributed by atoms with Crippen LogP contribution in [-0.2, 0) is 11.3 Å². The van der Waals surface area contributed by atoms with Crippen LogP contribution in [0.15, 0.2) is 16.9 Å². The molecule has 2 rings (SSSR count). The van der Waals surface area contributed by atoms with Crippen LogP contribution in [0.25, 0.3) is 0 Å². The fraction of sp³-hybridized carbons (Fsp3) is 0.480. The maximum absolute atomic E-state index is 13.4. The van der Waals surface area contributed by atoms with E-state index in [9.17, 15) is 20.0 Å². The van der Waals surface area contributed by atoms with Crippen LogP contribution in [0, 0.1) is 18.3 Å². The Kier molecular flexibility index (Phi) is 10.9. The van der Waals surface area contributed by atoms with Gasteiger partial charge >= 0.3 is 0 Å². The van der Waals surface area contributed by atoms with Crippen LogP contribution in [0.4, 0.5) is 0 Å². The third-order valence-corrected chi connectivity index (χ3v) is 5.97. The van der Waals surface area contributed by atoms with Crippen molar-refractivity contribution in [1.82, 2.24) is 4.57 Å². The Labute approximate surface area is 209 Å². The minimum Gasteiger partial charge on any atom is -0.494 e. The van der Waals surface area contributed by atoms with Gasteiger partial charge in [0.25, 0.3) is 5.56 Å². The molecule has 0 unspecified atom stereocenters.